The fraction of sp³-hybridized carbons (Fsp3) is 0.481. The second-order valence-electron chi connectivity index (χ2n) is 8.85. The normalized spacial score (nSPS) is 18.6. The highest BCUT2D eigenvalue weighted by atomic mass is 15.2. The third kappa shape index (κ3) is 3.90. The molecule has 1 unspecified atom stereocenters. The van der Waals surface area contributed by atoms with E-state index in [0.717, 1.165) is 37.7 Å². The summed E-state index contributed by atoms with van der Waals surface area (Å²) in [4.78, 5) is 2.51. The number of rotatable bonds is 7. The van der Waals surface area contributed by atoms with Crippen LogP contribution in [0.2, 0.25) is 0 Å². The lowest BCUT2D eigenvalue weighted by Crippen LogP contribution is -2.37. The van der Waals surface area contributed by atoms with E-state index in [0.29, 0.717) is 12.0 Å². The van der Waals surface area contributed by atoms with Gasteiger partial charge in [-0.2, -0.15) is 0 Å². The standard InChI is InChI=1S/C27H37N/c1-8-11-19(6)26-17-28-24(10-3)15-23-14-22(12-18(4)5)21(9-2)16-25(23)27(28)13-20(26)7/h13-14,16-18,24H,6-12,15H2,1-5H3. The number of hydrogen-bond acceptors (Lipinski definition) is 1. The lowest BCUT2D eigenvalue weighted by Gasteiger charge is -2.41. The number of nitrogens with zero attached hydrogens (tertiary/aromatic N) is 1. The molecule has 28 heavy (non-hydrogen) atoms. The van der Waals surface area contributed by atoms with E-state index in [1.165, 1.54) is 40.0 Å². The van der Waals surface area contributed by atoms with Gasteiger partial charge in [0.2, 0.25) is 0 Å². The zero-order valence-corrected chi connectivity index (χ0v) is 18.6. The molecule has 1 nitrogen and oxygen atoms in total. The van der Waals surface area contributed by atoms with Gasteiger partial charge in [0.25, 0.3) is 0 Å². The first-order valence-electron chi connectivity index (χ1n) is 11.1. The fourth-order valence-corrected chi connectivity index (χ4v) is 4.68. The summed E-state index contributed by atoms with van der Waals surface area (Å²) in [5.41, 5.74) is 10.9. The van der Waals surface area contributed by atoms with Crippen molar-refractivity contribution in [3.8, 4) is 0 Å². The molecule has 0 bridgehead atoms. The lowest BCUT2D eigenvalue weighted by atomic mass is 9.82. The van der Waals surface area contributed by atoms with E-state index in [1.54, 1.807) is 5.56 Å². The van der Waals surface area contributed by atoms with Crippen LogP contribution in [0.4, 0.5) is 0 Å². The van der Waals surface area contributed by atoms with E-state index in [2.05, 4.69) is 77.1 Å². The molecule has 0 saturated carbocycles. The number of hydrogen-bond donors (Lipinski definition) is 0. The maximum absolute atomic E-state index is 4.38. The molecule has 1 atom stereocenters. The average molecular weight is 376 g/mol. The number of fused-ring (bicyclic) bond motifs is 3. The molecule has 1 heteroatoms. The molecule has 0 radical (unpaired) electrons. The quantitative estimate of drug-likeness (QED) is 0.485. The van der Waals surface area contributed by atoms with Crippen LogP contribution in [0.3, 0.4) is 0 Å². The third-order valence-corrected chi connectivity index (χ3v) is 6.17. The molecule has 0 spiro atoms. The number of allylic oxidation sites excluding steroid dienone is 4. The fourth-order valence-electron chi connectivity index (χ4n) is 4.68. The van der Waals surface area contributed by atoms with Gasteiger partial charge < -0.3 is 4.90 Å². The zero-order valence-electron chi connectivity index (χ0n) is 18.6. The zero-order chi connectivity index (χ0) is 20.4. The summed E-state index contributed by atoms with van der Waals surface area (Å²) in [6.45, 7) is 20.1. The first-order valence-corrected chi connectivity index (χ1v) is 11.1. The Balaban J connectivity index is 2.07. The van der Waals surface area contributed by atoms with Crippen molar-refractivity contribution in [2.75, 3.05) is 0 Å². The Morgan fingerprint density at radius 2 is 1.93 bits per heavy atom. The molecule has 0 aromatic heterocycles. The minimum absolute atomic E-state index is 0.510. The van der Waals surface area contributed by atoms with Crippen LogP contribution < -0.4 is 0 Å². The van der Waals surface area contributed by atoms with Crippen LogP contribution in [0.25, 0.3) is 5.70 Å². The first-order chi connectivity index (χ1) is 13.4. The highest BCUT2D eigenvalue weighted by Crippen LogP contribution is 2.41. The molecule has 2 aliphatic rings. The van der Waals surface area contributed by atoms with Crippen molar-refractivity contribution < 1.29 is 0 Å². The smallest absolute Gasteiger partial charge is 0.0491 e. The van der Waals surface area contributed by atoms with Crippen LogP contribution in [0, 0.1) is 5.92 Å². The van der Waals surface area contributed by atoms with Gasteiger partial charge in [0.15, 0.2) is 0 Å². The third-order valence-electron chi connectivity index (χ3n) is 6.17. The van der Waals surface area contributed by atoms with Crippen LogP contribution in [0.5, 0.6) is 0 Å². The molecule has 0 fully saturated rings. The SMILES string of the molecule is C=C1C=C2c3cc(CC)c(CC(C)C)cc3CC(CC)N2C=C1C(=C)CCC. The number of benzene rings is 1. The van der Waals surface area contributed by atoms with Crippen LogP contribution >= 0.6 is 0 Å². The summed E-state index contributed by atoms with van der Waals surface area (Å²) >= 11 is 0. The molecule has 2 heterocycles. The highest BCUT2D eigenvalue weighted by Gasteiger charge is 2.31. The van der Waals surface area contributed by atoms with Crippen molar-refractivity contribution in [3.05, 3.63) is 76.5 Å². The Hall–Kier alpha value is -2.02. The van der Waals surface area contributed by atoms with Crippen molar-refractivity contribution >= 4 is 5.70 Å². The van der Waals surface area contributed by atoms with Crippen LogP contribution in [-0.2, 0) is 19.3 Å². The first kappa shape index (κ1) is 20.7. The Morgan fingerprint density at radius 1 is 1.18 bits per heavy atom. The Morgan fingerprint density at radius 3 is 2.54 bits per heavy atom. The van der Waals surface area contributed by atoms with Gasteiger partial charge in [-0.25, -0.2) is 0 Å². The summed E-state index contributed by atoms with van der Waals surface area (Å²) in [6, 6.07) is 5.48. The summed E-state index contributed by atoms with van der Waals surface area (Å²) in [6.07, 6.45) is 11.3. The van der Waals surface area contributed by atoms with Gasteiger partial charge in [-0.3, -0.25) is 0 Å². The molecular formula is C27H37N. The molecule has 3 rings (SSSR count). The van der Waals surface area contributed by atoms with Crippen molar-refractivity contribution in [1.29, 1.82) is 0 Å². The van der Waals surface area contributed by atoms with Crippen molar-refractivity contribution in [2.45, 2.75) is 79.2 Å². The molecule has 150 valence electrons. The van der Waals surface area contributed by atoms with Gasteiger partial charge in [-0.1, -0.05) is 60.3 Å². The van der Waals surface area contributed by atoms with E-state index in [4.69, 9.17) is 0 Å². The molecule has 0 amide bonds. The van der Waals surface area contributed by atoms with Crippen LogP contribution in [0.1, 0.15) is 76.1 Å². The summed E-state index contributed by atoms with van der Waals surface area (Å²) in [7, 11) is 0. The maximum atomic E-state index is 4.38. The van der Waals surface area contributed by atoms with Gasteiger partial charge in [-0.05, 0) is 83.6 Å². The van der Waals surface area contributed by atoms with Gasteiger partial charge in [0.05, 0.1) is 0 Å². The topological polar surface area (TPSA) is 3.24 Å². The molecule has 0 saturated heterocycles. The largest absolute Gasteiger partial charge is 0.343 e. The summed E-state index contributed by atoms with van der Waals surface area (Å²) in [5, 5.41) is 0. The molecule has 0 aliphatic carbocycles. The van der Waals surface area contributed by atoms with E-state index < -0.39 is 0 Å². The Bertz CT molecular complexity index is 834. The average Bonchev–Trinajstić information content (AvgIpc) is 2.66. The van der Waals surface area contributed by atoms with Gasteiger partial charge in [0.1, 0.15) is 0 Å². The second-order valence-corrected chi connectivity index (χ2v) is 8.85. The van der Waals surface area contributed by atoms with Crippen LogP contribution in [-0.4, -0.2) is 10.9 Å². The highest BCUT2D eigenvalue weighted by molar-refractivity contribution is 5.77. The van der Waals surface area contributed by atoms with E-state index in [1.807, 2.05) is 0 Å². The van der Waals surface area contributed by atoms with Gasteiger partial charge in [0, 0.05) is 23.5 Å². The molecular weight excluding hydrogens is 338 g/mol. The minimum atomic E-state index is 0.510. The van der Waals surface area contributed by atoms with Gasteiger partial charge >= 0.3 is 0 Å². The second kappa shape index (κ2) is 8.55. The van der Waals surface area contributed by atoms with E-state index in [-0.39, 0.29) is 0 Å². The molecule has 0 N–H and O–H groups in total. The predicted molar refractivity (Wildman–Crippen MR) is 123 cm³/mol. The van der Waals surface area contributed by atoms with E-state index in [9.17, 15) is 0 Å². The van der Waals surface area contributed by atoms with Crippen LogP contribution in [0.15, 0.2) is 54.3 Å². The Kier molecular flexibility index (Phi) is 6.33. The predicted octanol–water partition coefficient (Wildman–Crippen LogP) is 7.24. The van der Waals surface area contributed by atoms with Gasteiger partial charge in [-0.15, -0.1) is 0 Å². The van der Waals surface area contributed by atoms with E-state index >= 15 is 0 Å². The lowest BCUT2D eigenvalue weighted by molar-refractivity contribution is 0.352. The number of aryl methyl sites for hydroxylation is 1. The minimum Gasteiger partial charge on any atom is -0.343 e. The van der Waals surface area contributed by atoms with Crippen molar-refractivity contribution in [3.63, 3.8) is 0 Å². The van der Waals surface area contributed by atoms with Crippen molar-refractivity contribution in [1.82, 2.24) is 4.90 Å². The maximum Gasteiger partial charge on any atom is 0.0491 e. The molecule has 2 aliphatic heterocycles. The summed E-state index contributed by atoms with van der Waals surface area (Å²) in [5.74, 6) is 0.689. The van der Waals surface area contributed by atoms with Crippen molar-refractivity contribution in [2.24, 2.45) is 5.92 Å². The molecule has 1 aromatic carbocycles. The monoisotopic (exact) mass is 375 g/mol. The Labute approximate surface area is 172 Å². The molecule has 1 aromatic rings. The summed E-state index contributed by atoms with van der Waals surface area (Å²) < 4.78 is 0.